The van der Waals surface area contributed by atoms with E-state index in [2.05, 4.69) is 11.3 Å². The Morgan fingerprint density at radius 3 is 2.60 bits per heavy atom. The standard InChI is InChI=1S/C6H8O4/c1-2-5(8)10-6(9)3-4-7/h2,7H,1,3-4H2. The molecule has 10 heavy (non-hydrogen) atoms. The highest BCUT2D eigenvalue weighted by atomic mass is 16.6. The van der Waals surface area contributed by atoms with Gasteiger partial charge in [-0.1, -0.05) is 6.58 Å². The zero-order chi connectivity index (χ0) is 7.98. The third kappa shape index (κ3) is 3.80. The van der Waals surface area contributed by atoms with E-state index < -0.39 is 11.9 Å². The number of ether oxygens (including phenoxy) is 1. The topological polar surface area (TPSA) is 63.6 Å². The number of aliphatic hydroxyl groups excluding tert-OH is 1. The lowest BCUT2D eigenvalue weighted by Gasteiger charge is -1.95. The minimum atomic E-state index is -0.793. The highest BCUT2D eigenvalue weighted by Crippen LogP contribution is 1.85. The highest BCUT2D eigenvalue weighted by Gasteiger charge is 2.04. The summed E-state index contributed by atoms with van der Waals surface area (Å²) in [5, 5.41) is 8.18. The first-order chi connectivity index (χ1) is 4.70. The predicted molar refractivity (Wildman–Crippen MR) is 33.0 cm³/mol. The van der Waals surface area contributed by atoms with Gasteiger partial charge in [0.25, 0.3) is 0 Å². The van der Waals surface area contributed by atoms with Crippen molar-refractivity contribution < 1.29 is 19.4 Å². The number of aliphatic hydroxyl groups is 1. The van der Waals surface area contributed by atoms with Crippen LogP contribution in [0.5, 0.6) is 0 Å². The van der Waals surface area contributed by atoms with Gasteiger partial charge in [-0.2, -0.15) is 0 Å². The molecule has 0 saturated carbocycles. The van der Waals surface area contributed by atoms with E-state index in [-0.39, 0.29) is 13.0 Å². The minimum Gasteiger partial charge on any atom is -0.396 e. The quantitative estimate of drug-likeness (QED) is 0.333. The molecule has 0 fully saturated rings. The van der Waals surface area contributed by atoms with Gasteiger partial charge in [0.1, 0.15) is 0 Å². The summed E-state index contributed by atoms with van der Waals surface area (Å²) >= 11 is 0. The van der Waals surface area contributed by atoms with Crippen LogP contribution in [0.4, 0.5) is 0 Å². The molecular formula is C6H8O4. The molecule has 56 valence electrons. The maximum absolute atomic E-state index is 10.4. The second-order valence-corrected chi connectivity index (χ2v) is 1.47. The first-order valence-corrected chi connectivity index (χ1v) is 2.68. The number of rotatable bonds is 3. The molecule has 0 aliphatic carbocycles. The number of esters is 2. The van der Waals surface area contributed by atoms with E-state index in [4.69, 9.17) is 5.11 Å². The molecule has 0 saturated heterocycles. The molecule has 0 bridgehead atoms. The van der Waals surface area contributed by atoms with Crippen molar-refractivity contribution in [3.05, 3.63) is 12.7 Å². The summed E-state index contributed by atoms with van der Waals surface area (Å²) in [5.41, 5.74) is 0. The molecule has 0 aromatic heterocycles. The van der Waals surface area contributed by atoms with Crippen molar-refractivity contribution in [1.82, 2.24) is 0 Å². The van der Waals surface area contributed by atoms with Crippen LogP contribution in [0.2, 0.25) is 0 Å². The largest absolute Gasteiger partial charge is 0.396 e. The Hall–Kier alpha value is -1.16. The van der Waals surface area contributed by atoms with E-state index >= 15 is 0 Å². The van der Waals surface area contributed by atoms with Gasteiger partial charge in [-0.25, -0.2) is 4.79 Å². The highest BCUT2D eigenvalue weighted by molar-refractivity contribution is 5.91. The fourth-order valence-corrected chi connectivity index (χ4v) is 0.296. The number of carbonyl (C=O) groups excluding carboxylic acids is 2. The SMILES string of the molecule is C=CC(=O)OC(=O)CCO. The summed E-state index contributed by atoms with van der Waals surface area (Å²) in [5.74, 6) is -1.54. The first-order valence-electron chi connectivity index (χ1n) is 2.68. The molecule has 0 atom stereocenters. The Morgan fingerprint density at radius 2 is 2.20 bits per heavy atom. The average molecular weight is 144 g/mol. The summed E-state index contributed by atoms with van der Waals surface area (Å²) in [4.78, 5) is 20.6. The van der Waals surface area contributed by atoms with E-state index in [0.717, 1.165) is 6.08 Å². The summed E-state index contributed by atoms with van der Waals surface area (Å²) in [6, 6.07) is 0. The van der Waals surface area contributed by atoms with Crippen molar-refractivity contribution in [2.24, 2.45) is 0 Å². The van der Waals surface area contributed by atoms with Crippen molar-refractivity contribution in [2.45, 2.75) is 6.42 Å². The van der Waals surface area contributed by atoms with Gasteiger partial charge in [0.15, 0.2) is 0 Å². The van der Waals surface area contributed by atoms with Crippen LogP contribution in [0, 0.1) is 0 Å². The third-order valence-electron chi connectivity index (χ3n) is 0.697. The van der Waals surface area contributed by atoms with Crippen molar-refractivity contribution in [1.29, 1.82) is 0 Å². The van der Waals surface area contributed by atoms with Gasteiger partial charge in [0.2, 0.25) is 0 Å². The Labute approximate surface area is 58.1 Å². The molecule has 0 unspecified atom stereocenters. The van der Waals surface area contributed by atoms with Crippen molar-refractivity contribution in [3.63, 3.8) is 0 Å². The Morgan fingerprint density at radius 1 is 1.60 bits per heavy atom. The molecule has 0 amide bonds. The van der Waals surface area contributed by atoms with Crippen molar-refractivity contribution in [3.8, 4) is 0 Å². The van der Waals surface area contributed by atoms with Gasteiger partial charge in [-0.3, -0.25) is 4.79 Å². The van der Waals surface area contributed by atoms with Gasteiger partial charge >= 0.3 is 11.9 Å². The Bertz CT molecular complexity index is 150. The van der Waals surface area contributed by atoms with E-state index in [1.165, 1.54) is 0 Å². The van der Waals surface area contributed by atoms with Crippen LogP contribution >= 0.6 is 0 Å². The van der Waals surface area contributed by atoms with Crippen molar-refractivity contribution in [2.75, 3.05) is 6.61 Å². The van der Waals surface area contributed by atoms with Gasteiger partial charge in [-0.15, -0.1) is 0 Å². The Balaban J connectivity index is 3.57. The lowest BCUT2D eigenvalue weighted by molar-refractivity contribution is -0.156. The number of hydrogen-bond donors (Lipinski definition) is 1. The Kier molecular flexibility index (Phi) is 4.15. The fraction of sp³-hybridized carbons (Fsp3) is 0.333. The van der Waals surface area contributed by atoms with Crippen LogP contribution in [0.15, 0.2) is 12.7 Å². The maximum atomic E-state index is 10.4. The van der Waals surface area contributed by atoms with Crippen LogP contribution in [-0.2, 0) is 14.3 Å². The van der Waals surface area contributed by atoms with Crippen LogP contribution < -0.4 is 0 Å². The number of hydrogen-bond acceptors (Lipinski definition) is 4. The molecule has 0 spiro atoms. The van der Waals surface area contributed by atoms with Gasteiger partial charge in [0, 0.05) is 6.08 Å². The molecule has 0 aromatic rings. The first kappa shape index (κ1) is 8.84. The smallest absolute Gasteiger partial charge is 0.337 e. The van der Waals surface area contributed by atoms with Crippen LogP contribution in [0.25, 0.3) is 0 Å². The van der Waals surface area contributed by atoms with E-state index in [1.54, 1.807) is 0 Å². The zero-order valence-electron chi connectivity index (χ0n) is 5.37. The normalized spacial score (nSPS) is 8.50. The second kappa shape index (κ2) is 4.69. The predicted octanol–water partition coefficient (Wildman–Crippen LogP) is -0.375. The van der Waals surface area contributed by atoms with E-state index in [0.29, 0.717) is 0 Å². The van der Waals surface area contributed by atoms with Crippen LogP contribution in [0.1, 0.15) is 6.42 Å². The van der Waals surface area contributed by atoms with Gasteiger partial charge in [-0.05, 0) is 0 Å². The molecule has 0 heterocycles. The number of carbonyl (C=O) groups is 2. The summed E-state index contributed by atoms with van der Waals surface area (Å²) < 4.78 is 4.08. The lowest BCUT2D eigenvalue weighted by atomic mass is 10.5. The molecule has 4 heteroatoms. The molecule has 0 radical (unpaired) electrons. The summed E-state index contributed by atoms with van der Waals surface area (Å²) in [6.07, 6.45) is 0.717. The summed E-state index contributed by atoms with van der Waals surface area (Å²) in [6.45, 7) is 2.77. The van der Waals surface area contributed by atoms with E-state index in [1.807, 2.05) is 0 Å². The monoisotopic (exact) mass is 144 g/mol. The molecule has 1 N–H and O–H groups in total. The van der Waals surface area contributed by atoms with Gasteiger partial charge < -0.3 is 9.84 Å². The molecule has 0 aliphatic heterocycles. The van der Waals surface area contributed by atoms with Crippen LogP contribution in [0.3, 0.4) is 0 Å². The third-order valence-corrected chi connectivity index (χ3v) is 0.697. The molecule has 4 nitrogen and oxygen atoms in total. The maximum Gasteiger partial charge on any atom is 0.337 e. The fourth-order valence-electron chi connectivity index (χ4n) is 0.296. The molecular weight excluding hydrogens is 136 g/mol. The molecule has 0 aliphatic rings. The molecule has 0 rings (SSSR count). The van der Waals surface area contributed by atoms with Crippen LogP contribution in [-0.4, -0.2) is 23.7 Å². The zero-order valence-corrected chi connectivity index (χ0v) is 5.37. The van der Waals surface area contributed by atoms with E-state index in [9.17, 15) is 9.59 Å². The lowest BCUT2D eigenvalue weighted by Crippen LogP contribution is -2.10. The molecule has 0 aromatic carbocycles. The van der Waals surface area contributed by atoms with Gasteiger partial charge in [0.05, 0.1) is 13.0 Å². The second-order valence-electron chi connectivity index (χ2n) is 1.47. The average Bonchev–Trinajstić information content (AvgIpc) is 1.88. The summed E-state index contributed by atoms with van der Waals surface area (Å²) in [7, 11) is 0. The minimum absolute atomic E-state index is 0.167. The van der Waals surface area contributed by atoms with Crippen molar-refractivity contribution >= 4 is 11.9 Å².